The fraction of sp³-hybridized carbons (Fsp3) is 0.364. The first kappa shape index (κ1) is 21.8. The average Bonchev–Trinajstić information content (AvgIpc) is 3.16. The second kappa shape index (κ2) is 9.30. The zero-order valence-corrected chi connectivity index (χ0v) is 16.6. The van der Waals surface area contributed by atoms with Gasteiger partial charge in [0.05, 0.1) is 6.04 Å². The van der Waals surface area contributed by atoms with E-state index in [1.807, 2.05) is 35.6 Å². The number of alkyl halides is 3. The van der Waals surface area contributed by atoms with Crippen LogP contribution in [-0.2, 0) is 11.3 Å². The van der Waals surface area contributed by atoms with Gasteiger partial charge in [-0.15, -0.1) is 0 Å². The predicted molar refractivity (Wildman–Crippen MR) is 108 cm³/mol. The molecule has 2 aromatic rings. The van der Waals surface area contributed by atoms with Crippen molar-refractivity contribution in [2.24, 2.45) is 0 Å². The van der Waals surface area contributed by atoms with Crippen LogP contribution in [0.15, 0.2) is 48.5 Å². The lowest BCUT2D eigenvalue weighted by molar-refractivity contribution is -0.123. The molecular weight excluding hydrogens is 395 g/mol. The highest BCUT2D eigenvalue weighted by molar-refractivity contribution is 5.99. The number of nitrogens with one attached hydrogen (secondary N) is 2. The maximum absolute atomic E-state index is 12.9. The van der Waals surface area contributed by atoms with E-state index in [9.17, 15) is 22.8 Å². The van der Waals surface area contributed by atoms with E-state index >= 15 is 0 Å². The average molecular weight is 419 g/mol. The van der Waals surface area contributed by atoms with Crippen molar-refractivity contribution in [3.05, 3.63) is 65.2 Å². The number of carbonyl (C=O) groups excluding carboxylic acids is 2. The Hall–Kier alpha value is -2.87. The van der Waals surface area contributed by atoms with Gasteiger partial charge in [-0.3, -0.25) is 14.5 Å². The molecule has 0 saturated carbocycles. The lowest BCUT2D eigenvalue weighted by Crippen LogP contribution is -2.39. The molecule has 1 saturated heterocycles. The number of hydrogen-bond donors (Lipinski definition) is 2. The number of hydrogen-bond acceptors (Lipinski definition) is 3. The molecule has 5 nitrogen and oxygen atoms in total. The molecule has 30 heavy (non-hydrogen) atoms. The summed E-state index contributed by atoms with van der Waals surface area (Å²) in [7, 11) is 0. The van der Waals surface area contributed by atoms with Gasteiger partial charge >= 0.3 is 6.18 Å². The van der Waals surface area contributed by atoms with Gasteiger partial charge < -0.3 is 10.6 Å². The van der Waals surface area contributed by atoms with E-state index in [1.54, 1.807) is 13.0 Å². The summed E-state index contributed by atoms with van der Waals surface area (Å²) in [5.74, 6) is -1.02. The van der Waals surface area contributed by atoms with Crippen LogP contribution in [0.1, 0.15) is 34.3 Å². The summed E-state index contributed by atoms with van der Waals surface area (Å²) in [5.41, 5.74) is 2.33. The number of carbonyl (C=O) groups is 2. The Morgan fingerprint density at radius 2 is 1.87 bits per heavy atom. The van der Waals surface area contributed by atoms with Crippen LogP contribution in [0.3, 0.4) is 0 Å². The summed E-state index contributed by atoms with van der Waals surface area (Å²) < 4.78 is 37.0. The summed E-state index contributed by atoms with van der Waals surface area (Å²) in [6.45, 7) is 1.84. The largest absolute Gasteiger partial charge is 0.405 e. The quantitative estimate of drug-likeness (QED) is 0.747. The third kappa shape index (κ3) is 5.82. The third-order valence-corrected chi connectivity index (χ3v) is 5.10. The van der Waals surface area contributed by atoms with Crippen LogP contribution >= 0.6 is 0 Å². The zero-order chi connectivity index (χ0) is 21.7. The first-order chi connectivity index (χ1) is 14.2. The van der Waals surface area contributed by atoms with Crippen molar-refractivity contribution in [2.45, 2.75) is 38.5 Å². The Kier molecular flexibility index (Phi) is 6.77. The Morgan fingerprint density at radius 3 is 2.57 bits per heavy atom. The molecule has 2 N–H and O–H groups in total. The smallest absolute Gasteiger partial charge is 0.343 e. The third-order valence-electron chi connectivity index (χ3n) is 5.10. The molecular formula is C22H24F3N3O2. The van der Waals surface area contributed by atoms with E-state index in [4.69, 9.17) is 0 Å². The van der Waals surface area contributed by atoms with Crippen LogP contribution in [-0.4, -0.2) is 42.0 Å². The van der Waals surface area contributed by atoms with Crippen molar-refractivity contribution in [2.75, 3.05) is 18.4 Å². The molecule has 0 aliphatic carbocycles. The number of nitrogens with zero attached hydrogens (tertiary/aromatic N) is 1. The maximum Gasteiger partial charge on any atom is 0.405 e. The van der Waals surface area contributed by atoms with Crippen molar-refractivity contribution < 1.29 is 22.8 Å². The van der Waals surface area contributed by atoms with Crippen molar-refractivity contribution in [3.63, 3.8) is 0 Å². The van der Waals surface area contributed by atoms with Crippen molar-refractivity contribution in [3.8, 4) is 0 Å². The van der Waals surface area contributed by atoms with Gasteiger partial charge in [-0.2, -0.15) is 13.2 Å². The molecule has 1 aliphatic rings. The number of aryl methyl sites for hydroxylation is 1. The van der Waals surface area contributed by atoms with E-state index < -0.39 is 18.6 Å². The topological polar surface area (TPSA) is 61.4 Å². The first-order valence-corrected chi connectivity index (χ1v) is 9.77. The second-order valence-electron chi connectivity index (χ2n) is 7.43. The fourth-order valence-corrected chi connectivity index (χ4v) is 3.53. The summed E-state index contributed by atoms with van der Waals surface area (Å²) in [5, 5.41) is 4.70. The van der Waals surface area contributed by atoms with Gasteiger partial charge in [0, 0.05) is 17.8 Å². The van der Waals surface area contributed by atoms with Gasteiger partial charge in [-0.25, -0.2) is 0 Å². The van der Waals surface area contributed by atoms with Gasteiger partial charge in [0.2, 0.25) is 5.91 Å². The lowest BCUT2D eigenvalue weighted by Gasteiger charge is -2.24. The molecule has 1 unspecified atom stereocenters. The summed E-state index contributed by atoms with van der Waals surface area (Å²) >= 11 is 0. The number of amides is 2. The van der Waals surface area contributed by atoms with Gasteiger partial charge in [-0.1, -0.05) is 36.4 Å². The summed E-state index contributed by atoms with van der Waals surface area (Å²) in [6.07, 6.45) is -2.85. The SMILES string of the molecule is Cc1ccc(C(=O)NCC(F)(F)F)cc1NC(=O)C1CCCN1Cc1ccccc1. The number of likely N-dealkylation sites (tertiary alicyclic amines) is 1. The van der Waals surface area contributed by atoms with E-state index in [0.717, 1.165) is 30.5 Å². The molecule has 0 aromatic heterocycles. The van der Waals surface area contributed by atoms with Gasteiger partial charge in [0.15, 0.2) is 0 Å². The molecule has 1 atom stereocenters. The fourth-order valence-electron chi connectivity index (χ4n) is 3.53. The molecule has 160 valence electrons. The number of anilines is 1. The maximum atomic E-state index is 12.9. The number of benzene rings is 2. The van der Waals surface area contributed by atoms with E-state index in [-0.39, 0.29) is 17.5 Å². The van der Waals surface area contributed by atoms with Crippen LogP contribution < -0.4 is 10.6 Å². The Balaban J connectivity index is 1.67. The van der Waals surface area contributed by atoms with Crippen molar-refractivity contribution in [1.29, 1.82) is 0 Å². The highest BCUT2D eigenvalue weighted by Crippen LogP contribution is 2.23. The minimum atomic E-state index is -4.48. The molecule has 0 radical (unpaired) electrons. The molecule has 1 fully saturated rings. The lowest BCUT2D eigenvalue weighted by atomic mass is 10.1. The molecule has 3 rings (SSSR count). The standard InChI is InChI=1S/C22H24F3N3O2/c1-15-9-10-17(20(29)26-14-22(23,24)25)12-18(15)27-21(30)19-8-5-11-28(19)13-16-6-3-2-4-7-16/h2-4,6-7,9-10,12,19H,5,8,11,13-14H2,1H3,(H,26,29)(H,27,30). The monoisotopic (exact) mass is 419 g/mol. The van der Waals surface area contributed by atoms with Gasteiger partial charge in [-0.05, 0) is 49.6 Å². The highest BCUT2D eigenvalue weighted by atomic mass is 19.4. The summed E-state index contributed by atoms with van der Waals surface area (Å²) in [6, 6.07) is 14.0. The Morgan fingerprint density at radius 1 is 1.13 bits per heavy atom. The number of rotatable bonds is 6. The molecule has 1 aliphatic heterocycles. The molecule has 0 bridgehead atoms. The van der Waals surface area contributed by atoms with E-state index in [0.29, 0.717) is 12.2 Å². The van der Waals surface area contributed by atoms with Crippen molar-refractivity contribution >= 4 is 17.5 Å². The van der Waals surface area contributed by atoms with Crippen LogP contribution in [0.2, 0.25) is 0 Å². The molecule has 2 amide bonds. The van der Waals surface area contributed by atoms with Gasteiger partial charge in [0.1, 0.15) is 6.54 Å². The minimum Gasteiger partial charge on any atom is -0.343 e. The first-order valence-electron chi connectivity index (χ1n) is 9.77. The second-order valence-corrected chi connectivity index (χ2v) is 7.43. The van der Waals surface area contributed by atoms with Crippen molar-refractivity contribution in [1.82, 2.24) is 10.2 Å². The zero-order valence-electron chi connectivity index (χ0n) is 16.6. The Labute approximate surface area is 173 Å². The minimum absolute atomic E-state index is 0.0627. The van der Waals surface area contributed by atoms with Gasteiger partial charge in [0.25, 0.3) is 5.91 Å². The van der Waals surface area contributed by atoms with Crippen LogP contribution in [0.25, 0.3) is 0 Å². The Bertz CT molecular complexity index is 900. The normalized spacial score (nSPS) is 17.0. The highest BCUT2D eigenvalue weighted by Gasteiger charge is 2.31. The molecule has 2 aromatic carbocycles. The molecule has 0 spiro atoms. The predicted octanol–water partition coefficient (Wildman–Crippen LogP) is 3.89. The van der Waals surface area contributed by atoms with Crippen LogP contribution in [0.4, 0.5) is 18.9 Å². The number of halogens is 3. The van der Waals surface area contributed by atoms with E-state index in [1.165, 1.54) is 12.1 Å². The van der Waals surface area contributed by atoms with Crippen LogP contribution in [0.5, 0.6) is 0 Å². The van der Waals surface area contributed by atoms with E-state index in [2.05, 4.69) is 10.2 Å². The van der Waals surface area contributed by atoms with Crippen LogP contribution in [0, 0.1) is 6.92 Å². The summed E-state index contributed by atoms with van der Waals surface area (Å²) in [4.78, 5) is 27.0. The molecule has 8 heteroatoms. The molecule has 1 heterocycles.